The Bertz CT molecular complexity index is 1940. The molecule has 5 rings (SSSR count). The Balaban J connectivity index is 2.01. The predicted octanol–water partition coefficient (Wildman–Crippen LogP) is 9.31. The zero-order valence-corrected chi connectivity index (χ0v) is 24.4. The van der Waals surface area contributed by atoms with Gasteiger partial charge in [0, 0.05) is 22.3 Å². The van der Waals surface area contributed by atoms with Crippen molar-refractivity contribution in [1.82, 2.24) is 4.98 Å². The summed E-state index contributed by atoms with van der Waals surface area (Å²) in [6, 6.07) is 24.5. The molecule has 0 bridgehead atoms. The molecule has 0 atom stereocenters. The molecule has 4 aromatic carbocycles. The second kappa shape index (κ2) is 11.9. The fourth-order valence-corrected chi connectivity index (χ4v) is 5.16. The van der Waals surface area contributed by atoms with Crippen LogP contribution in [0.15, 0.2) is 103 Å². The third-order valence-corrected chi connectivity index (χ3v) is 7.81. The highest BCUT2D eigenvalue weighted by atomic mass is 32.2. The third-order valence-electron chi connectivity index (χ3n) is 6.86. The number of benzene rings is 4. The first-order chi connectivity index (χ1) is 21.2. The summed E-state index contributed by atoms with van der Waals surface area (Å²) in [7, 11) is -4.83. The average molecular weight is 644 g/mol. The standard InChI is InChI=1S/C33H23F6NO4S/c1-20-11-13-21(14-12-20)28-27(24-9-6-10-25(19-24)32(34,35)36)29(23-15-17-26(43-2)18-16-23)40-30(22-7-4-3-5-8-22)31(28)44-45(41,42)33(37,38)39/h3-19H,1-2H3. The molecule has 0 saturated heterocycles. The molecule has 1 aromatic heterocycles. The van der Waals surface area contributed by atoms with Crippen molar-refractivity contribution in [3.8, 4) is 56.3 Å². The van der Waals surface area contributed by atoms with Crippen LogP contribution in [-0.2, 0) is 16.3 Å². The highest BCUT2D eigenvalue weighted by Crippen LogP contribution is 2.50. The summed E-state index contributed by atoms with van der Waals surface area (Å²) in [6.45, 7) is 1.76. The molecule has 0 fully saturated rings. The number of halogens is 6. The smallest absolute Gasteiger partial charge is 0.497 e. The molecule has 1 heterocycles. The Hall–Kier alpha value is -4.84. The van der Waals surface area contributed by atoms with Gasteiger partial charge in [-0.15, -0.1) is 0 Å². The maximum atomic E-state index is 13.9. The van der Waals surface area contributed by atoms with E-state index in [2.05, 4.69) is 4.98 Å². The van der Waals surface area contributed by atoms with Crippen LogP contribution in [-0.4, -0.2) is 26.0 Å². The number of ether oxygens (including phenoxy) is 1. The van der Waals surface area contributed by atoms with E-state index in [9.17, 15) is 34.8 Å². The summed E-state index contributed by atoms with van der Waals surface area (Å²) >= 11 is 0. The minimum Gasteiger partial charge on any atom is -0.497 e. The van der Waals surface area contributed by atoms with Crippen molar-refractivity contribution in [2.45, 2.75) is 18.6 Å². The number of rotatable bonds is 7. The van der Waals surface area contributed by atoms with Gasteiger partial charge < -0.3 is 8.92 Å². The molecule has 12 heteroatoms. The van der Waals surface area contributed by atoms with Crippen molar-refractivity contribution >= 4 is 10.1 Å². The van der Waals surface area contributed by atoms with E-state index in [4.69, 9.17) is 8.92 Å². The highest BCUT2D eigenvalue weighted by molar-refractivity contribution is 7.88. The summed E-state index contributed by atoms with van der Waals surface area (Å²) in [5.74, 6) is -0.343. The van der Waals surface area contributed by atoms with Gasteiger partial charge in [0.25, 0.3) is 0 Å². The van der Waals surface area contributed by atoms with Crippen LogP contribution in [0.3, 0.4) is 0 Å². The van der Waals surface area contributed by atoms with E-state index in [0.29, 0.717) is 11.3 Å². The number of hydrogen-bond donors (Lipinski definition) is 0. The van der Waals surface area contributed by atoms with Crippen LogP contribution in [0.25, 0.3) is 44.8 Å². The molecule has 0 aliphatic heterocycles. The zero-order chi connectivity index (χ0) is 32.6. The van der Waals surface area contributed by atoms with Crippen molar-refractivity contribution in [2.75, 3.05) is 7.11 Å². The van der Waals surface area contributed by atoms with E-state index in [-0.39, 0.29) is 39.2 Å². The largest absolute Gasteiger partial charge is 0.534 e. The van der Waals surface area contributed by atoms with Gasteiger partial charge in [-0.3, -0.25) is 0 Å². The van der Waals surface area contributed by atoms with E-state index in [0.717, 1.165) is 23.8 Å². The maximum absolute atomic E-state index is 13.9. The topological polar surface area (TPSA) is 65.5 Å². The number of aromatic nitrogens is 1. The van der Waals surface area contributed by atoms with Gasteiger partial charge in [0.2, 0.25) is 0 Å². The molecule has 0 radical (unpaired) electrons. The molecular weight excluding hydrogens is 620 g/mol. The predicted molar refractivity (Wildman–Crippen MR) is 158 cm³/mol. The van der Waals surface area contributed by atoms with Gasteiger partial charge >= 0.3 is 21.8 Å². The van der Waals surface area contributed by atoms with Crippen molar-refractivity contribution in [2.24, 2.45) is 0 Å². The lowest BCUT2D eigenvalue weighted by molar-refractivity contribution is -0.137. The summed E-state index contributed by atoms with van der Waals surface area (Å²) in [6.07, 6.45) is -4.77. The van der Waals surface area contributed by atoms with E-state index >= 15 is 0 Å². The summed E-state index contributed by atoms with van der Waals surface area (Å²) in [4.78, 5) is 4.63. The average Bonchev–Trinajstić information content (AvgIpc) is 3.00. The number of nitrogens with zero attached hydrogens (tertiary/aromatic N) is 1. The number of alkyl halides is 6. The number of pyridine rings is 1. The first-order valence-electron chi connectivity index (χ1n) is 13.2. The van der Waals surface area contributed by atoms with Crippen LogP contribution in [0.1, 0.15) is 11.1 Å². The maximum Gasteiger partial charge on any atom is 0.534 e. The van der Waals surface area contributed by atoms with E-state index in [1.54, 1.807) is 61.5 Å². The summed E-state index contributed by atoms with van der Waals surface area (Å²) in [5, 5.41) is 0. The number of methoxy groups -OCH3 is 1. The molecule has 0 aliphatic rings. The van der Waals surface area contributed by atoms with Gasteiger partial charge in [0.1, 0.15) is 11.4 Å². The first-order valence-corrected chi connectivity index (χ1v) is 14.6. The van der Waals surface area contributed by atoms with E-state index in [1.165, 1.54) is 37.4 Å². The van der Waals surface area contributed by atoms with Gasteiger partial charge in [-0.25, -0.2) is 4.98 Å². The lowest BCUT2D eigenvalue weighted by atomic mass is 9.88. The normalized spacial score (nSPS) is 12.2. The second-order valence-electron chi connectivity index (χ2n) is 9.91. The Labute approximate surface area is 254 Å². The fourth-order valence-electron chi connectivity index (χ4n) is 4.68. The molecule has 0 amide bonds. The van der Waals surface area contributed by atoms with Gasteiger partial charge in [0.15, 0.2) is 5.75 Å². The molecule has 0 aliphatic carbocycles. The van der Waals surface area contributed by atoms with Crippen molar-refractivity contribution in [3.63, 3.8) is 0 Å². The molecule has 0 spiro atoms. The van der Waals surface area contributed by atoms with Crippen LogP contribution in [0.2, 0.25) is 0 Å². The lowest BCUT2D eigenvalue weighted by Crippen LogP contribution is -2.28. The second-order valence-corrected chi connectivity index (χ2v) is 11.4. The molecule has 0 N–H and O–H groups in total. The highest BCUT2D eigenvalue weighted by Gasteiger charge is 2.49. The van der Waals surface area contributed by atoms with Gasteiger partial charge in [-0.05, 0) is 54.4 Å². The molecule has 0 saturated carbocycles. The molecule has 0 unspecified atom stereocenters. The number of hydrogen-bond acceptors (Lipinski definition) is 5. The van der Waals surface area contributed by atoms with Gasteiger partial charge in [-0.1, -0.05) is 72.3 Å². The monoisotopic (exact) mass is 643 g/mol. The van der Waals surface area contributed by atoms with Crippen LogP contribution >= 0.6 is 0 Å². The lowest BCUT2D eigenvalue weighted by Gasteiger charge is -2.23. The Morgan fingerprint density at radius 3 is 1.80 bits per heavy atom. The van der Waals surface area contributed by atoms with E-state index in [1.807, 2.05) is 0 Å². The molecule has 5 nitrogen and oxygen atoms in total. The Kier molecular flexibility index (Phi) is 8.37. The zero-order valence-electron chi connectivity index (χ0n) is 23.6. The number of aryl methyl sites for hydroxylation is 1. The quantitative estimate of drug-likeness (QED) is 0.101. The summed E-state index contributed by atoms with van der Waals surface area (Å²) in [5.41, 5.74) is -5.96. The van der Waals surface area contributed by atoms with Crippen LogP contribution in [0.4, 0.5) is 26.3 Å². The van der Waals surface area contributed by atoms with Crippen molar-refractivity contribution < 1.29 is 43.7 Å². The molecular formula is C33H23F6NO4S. The minimum absolute atomic E-state index is 0.0585. The Morgan fingerprint density at radius 2 is 1.22 bits per heavy atom. The first kappa shape index (κ1) is 31.6. The van der Waals surface area contributed by atoms with Crippen LogP contribution in [0, 0.1) is 6.92 Å². The molecule has 232 valence electrons. The Morgan fingerprint density at radius 1 is 0.644 bits per heavy atom. The van der Waals surface area contributed by atoms with Crippen molar-refractivity contribution in [1.29, 1.82) is 0 Å². The fraction of sp³-hybridized carbons (Fsp3) is 0.121. The third kappa shape index (κ3) is 6.51. The van der Waals surface area contributed by atoms with Gasteiger partial charge in [0.05, 0.1) is 18.4 Å². The SMILES string of the molecule is COc1ccc(-c2nc(-c3ccccc3)c(OS(=O)(=O)C(F)(F)F)c(-c3ccc(C)cc3)c2-c2cccc(C(F)(F)F)c2)cc1. The molecule has 5 aromatic rings. The van der Waals surface area contributed by atoms with Crippen LogP contribution < -0.4 is 8.92 Å². The summed E-state index contributed by atoms with van der Waals surface area (Å²) < 4.78 is 118. The van der Waals surface area contributed by atoms with Crippen LogP contribution in [0.5, 0.6) is 11.5 Å². The van der Waals surface area contributed by atoms with E-state index < -0.39 is 33.1 Å². The minimum atomic E-state index is -6.27. The van der Waals surface area contributed by atoms with Gasteiger partial charge in [-0.2, -0.15) is 34.8 Å². The van der Waals surface area contributed by atoms with Crippen molar-refractivity contribution in [3.05, 3.63) is 114 Å². The molecule has 45 heavy (non-hydrogen) atoms.